The number of anilines is 1. The number of para-hydroxylation sites is 1. The molecule has 49 heavy (non-hydrogen) atoms. The molecule has 1 aliphatic rings. The standard InChI is InChI=1S/C37H49N5O7/c1-25(2)35(46)36(3,4)24-49-37(5,6)18-19-38-30(43)16-17-31(44)41-22-26-12-8-9-13-27(26)34-33(28-14-10-11-15-29(28)41)39-40-42(34)23-32(45)48-21-20-47-7/h8-15,25H,16-24H2,1-7H3,(H,38,43). The lowest BCUT2D eigenvalue weighted by Crippen LogP contribution is -2.39. The van der Waals surface area contributed by atoms with Gasteiger partial charge in [-0.25, -0.2) is 4.68 Å². The van der Waals surface area contributed by atoms with Gasteiger partial charge in [0.05, 0.1) is 36.7 Å². The third kappa shape index (κ3) is 9.60. The van der Waals surface area contributed by atoms with Gasteiger partial charge in [-0.2, -0.15) is 0 Å². The SMILES string of the molecule is COCCOC(=O)Cn1nnc2c1-c1ccccc1CN(C(=O)CCC(=O)NCCC(C)(C)OCC(C)(C)C(=O)C(C)C)c1ccccc1-2. The summed E-state index contributed by atoms with van der Waals surface area (Å²) in [5, 5.41) is 11.7. The van der Waals surface area contributed by atoms with Crippen molar-refractivity contribution >= 4 is 29.3 Å². The van der Waals surface area contributed by atoms with E-state index in [1.807, 2.05) is 90.1 Å². The van der Waals surface area contributed by atoms with Crippen LogP contribution in [0.5, 0.6) is 0 Å². The zero-order valence-electron chi connectivity index (χ0n) is 29.7. The number of hydrogen-bond acceptors (Lipinski definition) is 9. The number of nitrogens with zero attached hydrogens (tertiary/aromatic N) is 4. The van der Waals surface area contributed by atoms with Gasteiger partial charge >= 0.3 is 5.97 Å². The molecule has 0 aliphatic carbocycles. The van der Waals surface area contributed by atoms with Gasteiger partial charge in [0.15, 0.2) is 0 Å². The van der Waals surface area contributed by atoms with Crippen LogP contribution in [0.4, 0.5) is 5.69 Å². The fourth-order valence-electron chi connectivity index (χ4n) is 5.80. The van der Waals surface area contributed by atoms with E-state index >= 15 is 0 Å². The van der Waals surface area contributed by atoms with Crippen molar-refractivity contribution < 1.29 is 33.4 Å². The van der Waals surface area contributed by atoms with Gasteiger partial charge in [0.25, 0.3) is 0 Å². The smallest absolute Gasteiger partial charge is 0.327 e. The molecule has 12 heteroatoms. The van der Waals surface area contributed by atoms with E-state index in [-0.39, 0.29) is 62.7 Å². The molecular weight excluding hydrogens is 626 g/mol. The van der Waals surface area contributed by atoms with Gasteiger partial charge in [-0.15, -0.1) is 5.10 Å². The summed E-state index contributed by atoms with van der Waals surface area (Å²) in [6.45, 7) is 12.6. The van der Waals surface area contributed by atoms with Crippen molar-refractivity contribution in [1.29, 1.82) is 0 Å². The summed E-state index contributed by atoms with van der Waals surface area (Å²) < 4.78 is 17.9. The van der Waals surface area contributed by atoms with Gasteiger partial charge in [0.2, 0.25) is 11.8 Å². The van der Waals surface area contributed by atoms with Crippen LogP contribution >= 0.6 is 0 Å². The maximum Gasteiger partial charge on any atom is 0.327 e. The summed E-state index contributed by atoms with van der Waals surface area (Å²) in [5.74, 6) is -0.840. The lowest BCUT2D eigenvalue weighted by atomic mass is 9.83. The number of methoxy groups -OCH3 is 1. The number of nitrogens with one attached hydrogen (secondary N) is 1. The first-order valence-corrected chi connectivity index (χ1v) is 16.7. The fourth-order valence-corrected chi connectivity index (χ4v) is 5.80. The van der Waals surface area contributed by atoms with E-state index in [9.17, 15) is 19.2 Å². The highest BCUT2D eigenvalue weighted by Gasteiger charge is 2.33. The van der Waals surface area contributed by atoms with Crippen molar-refractivity contribution in [3.63, 3.8) is 0 Å². The van der Waals surface area contributed by atoms with Gasteiger partial charge < -0.3 is 24.4 Å². The summed E-state index contributed by atoms with van der Waals surface area (Å²) in [6.07, 6.45) is 0.562. The predicted molar refractivity (Wildman–Crippen MR) is 185 cm³/mol. The van der Waals surface area contributed by atoms with Gasteiger partial charge in [-0.1, -0.05) is 75.4 Å². The molecule has 1 N–H and O–H groups in total. The van der Waals surface area contributed by atoms with E-state index in [0.717, 1.165) is 11.1 Å². The summed E-state index contributed by atoms with van der Waals surface area (Å²) in [4.78, 5) is 53.5. The van der Waals surface area contributed by atoms with Crippen LogP contribution in [0.1, 0.15) is 66.4 Å². The summed E-state index contributed by atoms with van der Waals surface area (Å²) in [6, 6.07) is 15.1. The number of ketones is 1. The maximum absolute atomic E-state index is 13.8. The average Bonchev–Trinajstić information content (AvgIpc) is 3.46. The van der Waals surface area contributed by atoms with Crippen LogP contribution in [-0.2, 0) is 46.5 Å². The summed E-state index contributed by atoms with van der Waals surface area (Å²) in [7, 11) is 1.53. The molecule has 2 aromatic carbocycles. The normalized spacial score (nSPS) is 12.8. The number of Topliss-reactive ketones (excluding diaryl/α,β-unsaturated/α-hetero) is 1. The first-order valence-electron chi connectivity index (χ1n) is 16.7. The first-order chi connectivity index (χ1) is 23.2. The van der Waals surface area contributed by atoms with Crippen molar-refractivity contribution in [3.05, 3.63) is 54.1 Å². The van der Waals surface area contributed by atoms with Crippen LogP contribution < -0.4 is 10.2 Å². The molecule has 2 amide bonds. The molecule has 0 unspecified atom stereocenters. The molecule has 4 rings (SSSR count). The number of esters is 1. The molecule has 0 fully saturated rings. The Morgan fingerprint density at radius 3 is 2.35 bits per heavy atom. The lowest BCUT2D eigenvalue weighted by Gasteiger charge is -2.32. The average molecular weight is 676 g/mol. The Labute approximate surface area is 288 Å². The van der Waals surface area contributed by atoms with Crippen molar-refractivity contribution in [2.24, 2.45) is 11.3 Å². The van der Waals surface area contributed by atoms with E-state index in [1.165, 1.54) is 11.8 Å². The predicted octanol–water partition coefficient (Wildman–Crippen LogP) is 4.98. The minimum atomic E-state index is -0.600. The largest absolute Gasteiger partial charge is 0.462 e. The number of carbonyl (C=O) groups is 4. The Kier molecular flexibility index (Phi) is 12.5. The fraction of sp³-hybridized carbons (Fsp3) is 0.514. The molecule has 264 valence electrons. The van der Waals surface area contributed by atoms with Crippen molar-refractivity contribution in [3.8, 4) is 22.5 Å². The van der Waals surface area contributed by atoms with Crippen LogP contribution in [0, 0.1) is 11.3 Å². The minimum Gasteiger partial charge on any atom is -0.462 e. The molecular formula is C37H49N5O7. The Hall–Kier alpha value is -4.42. The lowest BCUT2D eigenvalue weighted by molar-refractivity contribution is -0.145. The monoisotopic (exact) mass is 675 g/mol. The molecule has 1 aliphatic heterocycles. The molecule has 0 atom stereocenters. The van der Waals surface area contributed by atoms with Crippen LogP contribution in [0.15, 0.2) is 48.5 Å². The van der Waals surface area contributed by atoms with Gasteiger partial charge in [-0.05, 0) is 31.9 Å². The summed E-state index contributed by atoms with van der Waals surface area (Å²) >= 11 is 0. The molecule has 12 nitrogen and oxygen atoms in total. The molecule has 0 spiro atoms. The molecule has 1 aromatic heterocycles. The third-order valence-electron chi connectivity index (χ3n) is 8.55. The molecule has 3 aromatic rings. The Morgan fingerprint density at radius 1 is 0.939 bits per heavy atom. The number of ether oxygens (including phenoxy) is 3. The Bertz CT molecular complexity index is 1650. The van der Waals surface area contributed by atoms with E-state index in [0.29, 0.717) is 42.2 Å². The van der Waals surface area contributed by atoms with Crippen LogP contribution in [-0.4, -0.2) is 77.6 Å². The van der Waals surface area contributed by atoms with Gasteiger partial charge in [0.1, 0.15) is 24.6 Å². The summed E-state index contributed by atoms with van der Waals surface area (Å²) in [5.41, 5.74) is 2.98. The number of aromatic nitrogens is 3. The van der Waals surface area contributed by atoms with Crippen LogP contribution in [0.2, 0.25) is 0 Å². The zero-order valence-corrected chi connectivity index (χ0v) is 29.7. The number of rotatable bonds is 16. The van der Waals surface area contributed by atoms with Gasteiger partial charge in [0, 0.05) is 49.0 Å². The molecule has 0 radical (unpaired) electrons. The maximum atomic E-state index is 13.8. The van der Waals surface area contributed by atoms with E-state index in [4.69, 9.17) is 14.2 Å². The van der Waals surface area contributed by atoms with Crippen molar-refractivity contribution in [1.82, 2.24) is 20.3 Å². The van der Waals surface area contributed by atoms with Crippen LogP contribution in [0.25, 0.3) is 22.5 Å². The van der Waals surface area contributed by atoms with E-state index in [2.05, 4.69) is 15.6 Å². The molecule has 0 saturated carbocycles. The topological polar surface area (TPSA) is 142 Å². The second kappa shape index (κ2) is 16.3. The van der Waals surface area contributed by atoms with E-state index in [1.54, 1.807) is 4.90 Å². The highest BCUT2D eigenvalue weighted by atomic mass is 16.6. The number of amides is 2. The third-order valence-corrected chi connectivity index (χ3v) is 8.55. The minimum absolute atomic E-state index is 0.000588. The number of carbonyl (C=O) groups excluding carboxylic acids is 4. The zero-order chi connectivity index (χ0) is 35.8. The number of fused-ring (bicyclic) bond motifs is 5. The quantitative estimate of drug-likeness (QED) is 0.164. The molecule has 0 saturated heterocycles. The number of benzene rings is 2. The first kappa shape index (κ1) is 37.4. The van der Waals surface area contributed by atoms with Crippen molar-refractivity contribution in [2.45, 2.75) is 79.5 Å². The molecule has 0 bridgehead atoms. The Morgan fingerprint density at radius 2 is 1.63 bits per heavy atom. The van der Waals surface area contributed by atoms with Crippen molar-refractivity contribution in [2.75, 3.05) is 38.4 Å². The highest BCUT2D eigenvalue weighted by Crippen LogP contribution is 2.41. The second-order valence-electron chi connectivity index (χ2n) is 13.9. The highest BCUT2D eigenvalue weighted by molar-refractivity contribution is 6.01. The molecule has 2 heterocycles. The Balaban J connectivity index is 1.44. The number of hydrogen-bond donors (Lipinski definition) is 1. The van der Waals surface area contributed by atoms with E-state index < -0.39 is 17.0 Å². The second-order valence-corrected chi connectivity index (χ2v) is 13.9. The van der Waals surface area contributed by atoms with Crippen LogP contribution in [0.3, 0.4) is 0 Å². The van der Waals surface area contributed by atoms with Gasteiger partial charge in [-0.3, -0.25) is 19.2 Å².